The fraction of sp³-hybridized carbons (Fsp3) is 0.200. The lowest BCUT2D eigenvalue weighted by molar-refractivity contribution is -0.384. The van der Waals surface area contributed by atoms with Crippen LogP contribution in [0.15, 0.2) is 46.8 Å². The predicted octanol–water partition coefficient (Wildman–Crippen LogP) is 0.800. The van der Waals surface area contributed by atoms with Crippen LogP contribution in [-0.2, 0) is 9.59 Å². The molecule has 1 aliphatic heterocycles. The summed E-state index contributed by atoms with van der Waals surface area (Å²) in [5.74, 6) is -2.29. The van der Waals surface area contributed by atoms with Gasteiger partial charge in [-0.1, -0.05) is 12.1 Å². The molecule has 2 amide bonds. The Morgan fingerprint density at radius 1 is 1.13 bits per heavy atom. The highest BCUT2D eigenvalue weighted by atomic mass is 16.6. The molecule has 5 N–H and O–H groups in total. The van der Waals surface area contributed by atoms with E-state index in [-0.39, 0.29) is 16.8 Å². The van der Waals surface area contributed by atoms with Gasteiger partial charge in [0.1, 0.15) is 0 Å². The number of nitrogens with zero attached hydrogens (tertiary/aromatic N) is 1. The number of amides is 2. The van der Waals surface area contributed by atoms with E-state index in [9.17, 15) is 19.7 Å². The lowest BCUT2D eigenvalue weighted by Crippen LogP contribution is -2.35. The van der Waals surface area contributed by atoms with Crippen molar-refractivity contribution < 1.29 is 14.5 Å². The molecule has 23 heavy (non-hydrogen) atoms. The van der Waals surface area contributed by atoms with Gasteiger partial charge >= 0.3 is 0 Å². The average molecular weight is 316 g/mol. The van der Waals surface area contributed by atoms with E-state index in [0.717, 1.165) is 0 Å². The van der Waals surface area contributed by atoms with Crippen molar-refractivity contribution in [3.05, 3.63) is 62.5 Å². The number of carbonyl (C=O) groups is 2. The monoisotopic (exact) mass is 316 g/mol. The minimum absolute atomic E-state index is 0.149. The van der Waals surface area contributed by atoms with Gasteiger partial charge in [0.15, 0.2) is 0 Å². The number of primary amides is 2. The van der Waals surface area contributed by atoms with Gasteiger partial charge < -0.3 is 16.8 Å². The number of nitro groups is 1. The minimum Gasteiger partial charge on any atom is -0.366 e. The third-order valence-electron chi connectivity index (χ3n) is 3.71. The first-order chi connectivity index (χ1) is 10.7. The van der Waals surface area contributed by atoms with Crippen molar-refractivity contribution in [2.24, 2.45) is 11.5 Å². The van der Waals surface area contributed by atoms with Gasteiger partial charge in [-0.2, -0.15) is 0 Å². The Morgan fingerprint density at radius 3 is 2.09 bits per heavy atom. The Morgan fingerprint density at radius 2 is 1.65 bits per heavy atom. The molecule has 0 radical (unpaired) electrons. The molecule has 1 aromatic carbocycles. The molecular formula is C15H16N4O4. The standard InChI is InChI=1S/C15H16N4O4/c1-7-11(14(16)20)13(12(15(17)21)8(2)18-7)9-4-3-5-10(6-9)19(22)23/h3-6,13,18H,1-2H3,(H2,16,20)(H2,17,21). The van der Waals surface area contributed by atoms with Crippen molar-refractivity contribution in [3.63, 3.8) is 0 Å². The van der Waals surface area contributed by atoms with E-state index in [2.05, 4.69) is 5.32 Å². The molecule has 0 aliphatic carbocycles. The van der Waals surface area contributed by atoms with Gasteiger partial charge in [0.2, 0.25) is 11.8 Å². The third kappa shape index (κ3) is 2.91. The molecular weight excluding hydrogens is 300 g/mol. The molecule has 0 aromatic heterocycles. The lowest BCUT2D eigenvalue weighted by Gasteiger charge is -2.29. The molecule has 8 nitrogen and oxygen atoms in total. The quantitative estimate of drug-likeness (QED) is 0.556. The van der Waals surface area contributed by atoms with Crippen LogP contribution in [0.2, 0.25) is 0 Å². The van der Waals surface area contributed by atoms with Crippen LogP contribution in [0, 0.1) is 10.1 Å². The highest BCUT2D eigenvalue weighted by Gasteiger charge is 2.35. The zero-order valence-electron chi connectivity index (χ0n) is 12.6. The van der Waals surface area contributed by atoms with E-state index in [4.69, 9.17) is 11.5 Å². The summed E-state index contributed by atoms with van der Waals surface area (Å²) < 4.78 is 0. The molecule has 120 valence electrons. The topological polar surface area (TPSA) is 141 Å². The largest absolute Gasteiger partial charge is 0.366 e. The van der Waals surface area contributed by atoms with E-state index >= 15 is 0 Å². The number of carbonyl (C=O) groups excluding carboxylic acids is 2. The summed E-state index contributed by atoms with van der Waals surface area (Å²) in [5, 5.41) is 13.9. The van der Waals surface area contributed by atoms with Crippen LogP contribution in [0.3, 0.4) is 0 Å². The van der Waals surface area contributed by atoms with E-state index in [1.54, 1.807) is 19.9 Å². The SMILES string of the molecule is CC1=C(C(N)=O)C(c2cccc([N+](=O)[O-])c2)C(C(N)=O)=C(C)N1. The number of rotatable bonds is 4. The zero-order chi connectivity index (χ0) is 17.3. The Labute approximate surface area is 132 Å². The van der Waals surface area contributed by atoms with Crippen molar-refractivity contribution in [3.8, 4) is 0 Å². The van der Waals surface area contributed by atoms with Gasteiger partial charge in [-0.05, 0) is 19.4 Å². The van der Waals surface area contributed by atoms with Gasteiger partial charge in [-0.3, -0.25) is 19.7 Å². The maximum absolute atomic E-state index is 11.9. The number of nitrogens with one attached hydrogen (secondary N) is 1. The average Bonchev–Trinajstić information content (AvgIpc) is 2.45. The third-order valence-corrected chi connectivity index (χ3v) is 3.71. The molecule has 0 unspecified atom stereocenters. The van der Waals surface area contributed by atoms with Crippen molar-refractivity contribution in [1.29, 1.82) is 0 Å². The second-order valence-electron chi connectivity index (χ2n) is 5.22. The van der Waals surface area contributed by atoms with Crippen molar-refractivity contribution in [2.45, 2.75) is 19.8 Å². The Balaban J connectivity index is 2.72. The maximum Gasteiger partial charge on any atom is 0.269 e. The molecule has 0 spiro atoms. The number of dihydropyridines is 1. The van der Waals surface area contributed by atoms with Gasteiger partial charge in [-0.15, -0.1) is 0 Å². The van der Waals surface area contributed by atoms with Crippen LogP contribution in [0.5, 0.6) is 0 Å². The van der Waals surface area contributed by atoms with Crippen LogP contribution in [0.1, 0.15) is 25.3 Å². The molecule has 0 fully saturated rings. The zero-order valence-corrected chi connectivity index (χ0v) is 12.6. The number of allylic oxidation sites excluding steroid dienone is 2. The normalized spacial score (nSPS) is 15.4. The van der Waals surface area contributed by atoms with Crippen LogP contribution in [-0.4, -0.2) is 16.7 Å². The summed E-state index contributed by atoms with van der Waals surface area (Å²) in [5.41, 5.74) is 12.4. The highest BCUT2D eigenvalue weighted by Crippen LogP contribution is 2.38. The Bertz CT molecular complexity index is 743. The number of hydrogen-bond acceptors (Lipinski definition) is 5. The van der Waals surface area contributed by atoms with E-state index in [1.807, 2.05) is 0 Å². The van der Waals surface area contributed by atoms with Gasteiger partial charge in [-0.25, -0.2) is 0 Å². The molecule has 1 heterocycles. The number of benzene rings is 1. The fourth-order valence-electron chi connectivity index (χ4n) is 2.80. The Hall–Kier alpha value is -3.16. The predicted molar refractivity (Wildman–Crippen MR) is 82.8 cm³/mol. The van der Waals surface area contributed by atoms with Gasteiger partial charge in [0.05, 0.1) is 4.92 Å². The van der Waals surface area contributed by atoms with Crippen LogP contribution in [0.4, 0.5) is 5.69 Å². The Kier molecular flexibility index (Phi) is 4.17. The summed E-state index contributed by atoms with van der Waals surface area (Å²) in [6, 6.07) is 5.71. The van der Waals surface area contributed by atoms with Crippen molar-refractivity contribution >= 4 is 17.5 Å². The second-order valence-corrected chi connectivity index (χ2v) is 5.22. The lowest BCUT2D eigenvalue weighted by atomic mass is 9.80. The molecule has 0 saturated heterocycles. The van der Waals surface area contributed by atoms with Crippen LogP contribution < -0.4 is 16.8 Å². The van der Waals surface area contributed by atoms with Crippen LogP contribution in [0.25, 0.3) is 0 Å². The molecule has 0 atom stereocenters. The van der Waals surface area contributed by atoms with Gasteiger partial charge in [0.25, 0.3) is 5.69 Å². The second kappa shape index (κ2) is 5.91. The van der Waals surface area contributed by atoms with E-state index in [1.165, 1.54) is 18.2 Å². The number of nitro benzene ring substituents is 1. The first kappa shape index (κ1) is 16.2. The fourth-order valence-corrected chi connectivity index (χ4v) is 2.80. The molecule has 1 aliphatic rings. The minimum atomic E-state index is -0.842. The smallest absolute Gasteiger partial charge is 0.269 e. The molecule has 0 bridgehead atoms. The molecule has 2 rings (SSSR count). The first-order valence-corrected chi connectivity index (χ1v) is 6.76. The van der Waals surface area contributed by atoms with E-state index in [0.29, 0.717) is 17.0 Å². The summed E-state index contributed by atoms with van der Waals surface area (Å²) in [4.78, 5) is 34.1. The van der Waals surface area contributed by atoms with E-state index < -0.39 is 22.7 Å². The van der Waals surface area contributed by atoms with Crippen molar-refractivity contribution in [2.75, 3.05) is 0 Å². The molecule has 1 aromatic rings. The molecule has 0 saturated carbocycles. The number of hydrogen-bond donors (Lipinski definition) is 3. The van der Waals surface area contributed by atoms with Crippen molar-refractivity contribution in [1.82, 2.24) is 5.32 Å². The van der Waals surface area contributed by atoms with Crippen LogP contribution >= 0.6 is 0 Å². The number of nitrogens with two attached hydrogens (primary N) is 2. The number of non-ortho nitro benzene ring substituents is 1. The summed E-state index contributed by atoms with van der Waals surface area (Å²) in [6.07, 6.45) is 0. The summed E-state index contributed by atoms with van der Waals surface area (Å²) in [6.45, 7) is 3.29. The summed E-state index contributed by atoms with van der Waals surface area (Å²) in [7, 11) is 0. The maximum atomic E-state index is 11.9. The summed E-state index contributed by atoms with van der Waals surface area (Å²) >= 11 is 0. The highest BCUT2D eigenvalue weighted by molar-refractivity contribution is 6.02. The molecule has 8 heteroatoms. The van der Waals surface area contributed by atoms with Gasteiger partial charge in [0, 0.05) is 40.6 Å². The first-order valence-electron chi connectivity index (χ1n) is 6.76.